The van der Waals surface area contributed by atoms with Gasteiger partial charge in [0.05, 0.1) is 23.2 Å². The smallest absolute Gasteiger partial charge is 0.196 e. The maximum Gasteiger partial charge on any atom is 0.196 e. The van der Waals surface area contributed by atoms with E-state index >= 15 is 0 Å². The van der Waals surface area contributed by atoms with Crippen LogP contribution in [0.25, 0.3) is 10.6 Å². The van der Waals surface area contributed by atoms with Gasteiger partial charge in [0.15, 0.2) is 28.8 Å². The van der Waals surface area contributed by atoms with Crippen molar-refractivity contribution in [3.63, 3.8) is 0 Å². The first-order valence-electron chi connectivity index (χ1n) is 9.33. The molecule has 8 heteroatoms. The first-order chi connectivity index (χ1) is 14.6. The van der Waals surface area contributed by atoms with E-state index in [1.807, 2.05) is 25.1 Å². The van der Waals surface area contributed by atoms with Crippen LogP contribution >= 0.6 is 11.3 Å². The molecule has 2 aromatic carbocycles. The molecular weight excluding hydrogens is 404 g/mol. The van der Waals surface area contributed by atoms with Crippen LogP contribution in [0.3, 0.4) is 0 Å². The molecule has 4 rings (SSSR count). The Morgan fingerprint density at radius 3 is 2.93 bits per heavy atom. The Morgan fingerprint density at radius 1 is 1.30 bits per heavy atom. The Morgan fingerprint density at radius 2 is 2.13 bits per heavy atom. The van der Waals surface area contributed by atoms with Crippen LogP contribution in [0.1, 0.15) is 20.9 Å². The number of phenols is 1. The first kappa shape index (κ1) is 19.9. The quantitative estimate of drug-likeness (QED) is 0.477. The number of fused-ring (bicyclic) bond motifs is 1. The number of ether oxygens (including phenoxy) is 3. The maximum absolute atomic E-state index is 12.7. The van der Waals surface area contributed by atoms with Gasteiger partial charge in [-0.25, -0.2) is 4.98 Å². The third-order valence-corrected chi connectivity index (χ3v) is 5.76. The lowest BCUT2D eigenvalue weighted by Gasteiger charge is -2.20. The predicted molar refractivity (Wildman–Crippen MR) is 115 cm³/mol. The van der Waals surface area contributed by atoms with E-state index < -0.39 is 0 Å². The minimum absolute atomic E-state index is 0.0121. The van der Waals surface area contributed by atoms with Crippen molar-refractivity contribution in [2.24, 2.45) is 4.99 Å². The summed E-state index contributed by atoms with van der Waals surface area (Å²) in [5, 5.41) is 10.5. The van der Waals surface area contributed by atoms with E-state index in [1.54, 1.807) is 18.3 Å². The number of benzene rings is 2. The van der Waals surface area contributed by atoms with Gasteiger partial charge in [0.25, 0.3) is 0 Å². The Kier molecular flexibility index (Phi) is 5.67. The normalized spacial score (nSPS) is 12.9. The average Bonchev–Trinajstić information content (AvgIpc) is 3.15. The number of aromatic hydroxyl groups is 1. The molecular formula is C22H20N2O5S. The third-order valence-electron chi connectivity index (χ3n) is 4.52. The highest BCUT2D eigenvalue weighted by Gasteiger charge is 2.21. The van der Waals surface area contributed by atoms with Gasteiger partial charge in [0, 0.05) is 6.21 Å². The number of rotatable bonds is 6. The summed E-state index contributed by atoms with van der Waals surface area (Å²) in [5.41, 5.74) is 2.15. The fraction of sp³-hybridized carbons (Fsp3) is 0.227. The van der Waals surface area contributed by atoms with E-state index in [0.29, 0.717) is 51.6 Å². The molecule has 1 N–H and O–H groups in total. The van der Waals surface area contributed by atoms with Crippen molar-refractivity contribution in [3.05, 3.63) is 52.5 Å². The molecule has 0 bridgehead atoms. The van der Waals surface area contributed by atoms with E-state index in [4.69, 9.17) is 14.2 Å². The highest BCUT2D eigenvalue weighted by Crippen LogP contribution is 2.41. The Bertz CT molecular complexity index is 1120. The van der Waals surface area contributed by atoms with E-state index in [9.17, 15) is 9.90 Å². The summed E-state index contributed by atoms with van der Waals surface area (Å²) in [7, 11) is 1.48. The van der Waals surface area contributed by atoms with Gasteiger partial charge < -0.3 is 19.3 Å². The Labute approximate surface area is 177 Å². The number of ketones is 1. The molecule has 7 nitrogen and oxygen atoms in total. The molecule has 0 radical (unpaired) electrons. The number of aryl methyl sites for hydroxylation is 1. The van der Waals surface area contributed by atoms with Crippen molar-refractivity contribution in [1.29, 1.82) is 0 Å². The summed E-state index contributed by atoms with van der Waals surface area (Å²) in [5.74, 6) is 1.63. The number of methoxy groups -OCH3 is 1. The van der Waals surface area contributed by atoms with Crippen LogP contribution in [0.5, 0.6) is 23.0 Å². The summed E-state index contributed by atoms with van der Waals surface area (Å²) in [4.78, 5) is 22.0. The lowest BCUT2D eigenvalue weighted by atomic mass is 10.2. The molecule has 1 aliphatic heterocycles. The van der Waals surface area contributed by atoms with E-state index in [0.717, 1.165) is 5.56 Å². The zero-order chi connectivity index (χ0) is 21.1. The van der Waals surface area contributed by atoms with Crippen molar-refractivity contribution in [2.75, 3.05) is 26.9 Å². The standard InChI is InChI=1S/C22H20N2O5S/c1-13-21(17(26)12-23-11-14-6-7-18(27-2)16(25)10-14)30-22(24-13)15-4-3-5-19-20(15)29-9-8-28-19/h3-7,10-11,25H,8-9,12H2,1-2H3. The van der Waals surface area contributed by atoms with Crippen LogP contribution in [0.2, 0.25) is 0 Å². The minimum Gasteiger partial charge on any atom is -0.504 e. The number of hydrogen-bond donors (Lipinski definition) is 1. The van der Waals surface area contributed by atoms with Gasteiger partial charge in [-0.3, -0.25) is 9.79 Å². The fourth-order valence-electron chi connectivity index (χ4n) is 3.11. The van der Waals surface area contributed by atoms with Crippen molar-refractivity contribution >= 4 is 23.3 Å². The number of carbonyl (C=O) groups excluding carboxylic acids is 1. The van der Waals surface area contributed by atoms with Crippen LogP contribution in [0, 0.1) is 6.92 Å². The monoisotopic (exact) mass is 424 g/mol. The van der Waals surface area contributed by atoms with Gasteiger partial charge in [0.1, 0.15) is 24.8 Å². The molecule has 154 valence electrons. The van der Waals surface area contributed by atoms with Crippen LogP contribution in [0.15, 0.2) is 41.4 Å². The second kappa shape index (κ2) is 8.54. The van der Waals surface area contributed by atoms with Gasteiger partial charge >= 0.3 is 0 Å². The summed E-state index contributed by atoms with van der Waals surface area (Å²) in [6.07, 6.45) is 1.55. The number of aromatic nitrogens is 1. The van der Waals surface area contributed by atoms with Gasteiger partial charge in [-0.05, 0) is 42.8 Å². The number of thiazole rings is 1. The number of nitrogens with zero attached hydrogens (tertiary/aromatic N) is 2. The zero-order valence-electron chi connectivity index (χ0n) is 16.5. The van der Waals surface area contributed by atoms with Gasteiger partial charge in [0.2, 0.25) is 0 Å². The number of carbonyl (C=O) groups is 1. The number of phenolic OH excluding ortho intramolecular Hbond substituents is 1. The second-order valence-corrected chi connectivity index (χ2v) is 7.59. The van der Waals surface area contributed by atoms with Crippen LogP contribution < -0.4 is 14.2 Å². The third kappa shape index (κ3) is 3.99. The Hall–Kier alpha value is -3.39. The Balaban J connectivity index is 1.51. The van der Waals surface area contributed by atoms with Gasteiger partial charge in [-0.1, -0.05) is 6.07 Å². The summed E-state index contributed by atoms with van der Waals surface area (Å²) in [6, 6.07) is 10.6. The lowest BCUT2D eigenvalue weighted by molar-refractivity contribution is 0.100. The fourth-order valence-corrected chi connectivity index (χ4v) is 4.12. The largest absolute Gasteiger partial charge is 0.504 e. The molecule has 30 heavy (non-hydrogen) atoms. The SMILES string of the molecule is COc1ccc(C=NCC(=O)c2sc(-c3cccc4c3OCCO4)nc2C)cc1O. The van der Waals surface area contributed by atoms with E-state index in [2.05, 4.69) is 9.98 Å². The molecule has 1 aromatic heterocycles. The van der Waals surface area contributed by atoms with Crippen molar-refractivity contribution < 1.29 is 24.1 Å². The van der Waals surface area contributed by atoms with Crippen molar-refractivity contribution in [2.45, 2.75) is 6.92 Å². The highest BCUT2D eigenvalue weighted by molar-refractivity contribution is 7.17. The van der Waals surface area contributed by atoms with Crippen LogP contribution in [0.4, 0.5) is 0 Å². The number of para-hydroxylation sites is 1. The lowest BCUT2D eigenvalue weighted by Crippen LogP contribution is -2.15. The first-order valence-corrected chi connectivity index (χ1v) is 10.1. The molecule has 3 aromatic rings. The second-order valence-electron chi connectivity index (χ2n) is 6.59. The number of hydrogen-bond acceptors (Lipinski definition) is 8. The van der Waals surface area contributed by atoms with Crippen LogP contribution in [-0.4, -0.2) is 49.0 Å². The topological polar surface area (TPSA) is 90.2 Å². The maximum atomic E-state index is 12.7. The van der Waals surface area contributed by atoms with Crippen LogP contribution in [-0.2, 0) is 0 Å². The molecule has 0 spiro atoms. The molecule has 0 saturated carbocycles. The number of Topliss-reactive ketones (excluding diaryl/α,β-unsaturated/α-hetero) is 1. The summed E-state index contributed by atoms with van der Waals surface area (Å²) < 4.78 is 16.4. The molecule has 1 aliphatic rings. The minimum atomic E-state index is -0.118. The number of aliphatic imine (C=N–C) groups is 1. The van der Waals surface area contributed by atoms with Gasteiger partial charge in [-0.2, -0.15) is 0 Å². The molecule has 0 unspecified atom stereocenters. The molecule has 0 aliphatic carbocycles. The summed E-state index contributed by atoms with van der Waals surface area (Å²) >= 11 is 1.32. The molecule has 0 atom stereocenters. The summed E-state index contributed by atoms with van der Waals surface area (Å²) in [6.45, 7) is 2.80. The average molecular weight is 424 g/mol. The molecule has 0 fully saturated rings. The highest BCUT2D eigenvalue weighted by atomic mass is 32.1. The molecule has 0 saturated heterocycles. The molecule has 0 amide bonds. The van der Waals surface area contributed by atoms with Gasteiger partial charge in [-0.15, -0.1) is 11.3 Å². The predicted octanol–water partition coefficient (Wildman–Crippen LogP) is 3.91. The molecule has 2 heterocycles. The van der Waals surface area contributed by atoms with Crippen molar-refractivity contribution in [1.82, 2.24) is 4.98 Å². The zero-order valence-corrected chi connectivity index (χ0v) is 17.4. The van der Waals surface area contributed by atoms with E-state index in [1.165, 1.54) is 24.5 Å². The van der Waals surface area contributed by atoms with Crippen molar-refractivity contribution in [3.8, 4) is 33.6 Å². The van der Waals surface area contributed by atoms with E-state index in [-0.39, 0.29) is 18.1 Å².